The number of fused-ring (bicyclic) bond motifs is 4. The predicted octanol–water partition coefficient (Wildman–Crippen LogP) is 5.96. The second-order valence-electron chi connectivity index (χ2n) is 14.9. The van der Waals surface area contributed by atoms with Gasteiger partial charge in [-0.25, -0.2) is 8.78 Å². The number of benzene rings is 1. The van der Waals surface area contributed by atoms with Crippen LogP contribution in [0.5, 0.6) is 6.01 Å². The zero-order chi connectivity index (χ0) is 35.2. The zero-order valence-corrected chi connectivity index (χ0v) is 27.9. The number of pyridine rings is 1. The Morgan fingerprint density at radius 2 is 1.80 bits per heavy atom. The average Bonchev–Trinajstić information content (AvgIpc) is 3.66. The fourth-order valence-corrected chi connectivity index (χ4v) is 9.34. The number of nitrogens with two attached hydrogens (primary N) is 1. The van der Waals surface area contributed by atoms with E-state index in [1.54, 1.807) is 0 Å². The summed E-state index contributed by atoms with van der Waals surface area (Å²) in [7, 11) is 0. The van der Waals surface area contributed by atoms with Crippen LogP contribution < -0.4 is 20.7 Å². The Morgan fingerprint density at radius 1 is 1.08 bits per heavy atom. The lowest BCUT2D eigenvalue weighted by molar-refractivity contribution is -0.137. The van der Waals surface area contributed by atoms with Gasteiger partial charge in [0, 0.05) is 57.2 Å². The molecule has 5 aliphatic rings. The fourth-order valence-electron chi connectivity index (χ4n) is 9.34. The maximum absolute atomic E-state index is 16.8. The molecule has 5 aliphatic heterocycles. The van der Waals surface area contributed by atoms with Crippen LogP contribution in [0.1, 0.15) is 49.7 Å². The Morgan fingerprint density at radius 3 is 2.50 bits per heavy atom. The van der Waals surface area contributed by atoms with Crippen LogP contribution in [0.15, 0.2) is 36.6 Å². The van der Waals surface area contributed by atoms with Crippen molar-refractivity contribution in [1.82, 2.24) is 25.2 Å². The maximum Gasteiger partial charge on any atom is 0.417 e. The molecular formula is C36H40F5N7O2. The fraction of sp³-hybridized carbons (Fsp3) is 0.528. The first-order valence-electron chi connectivity index (χ1n) is 17.1. The molecule has 0 saturated carbocycles. The van der Waals surface area contributed by atoms with Gasteiger partial charge >= 0.3 is 12.2 Å². The molecule has 14 heteroatoms. The van der Waals surface area contributed by atoms with E-state index in [9.17, 15) is 13.2 Å². The lowest BCUT2D eigenvalue weighted by atomic mass is 9.77. The summed E-state index contributed by atoms with van der Waals surface area (Å²) in [6.45, 7) is 13.6. The van der Waals surface area contributed by atoms with Crippen molar-refractivity contribution >= 4 is 22.4 Å². The highest BCUT2D eigenvalue weighted by molar-refractivity contribution is 5.92. The number of rotatable bonds is 6. The van der Waals surface area contributed by atoms with Crippen molar-refractivity contribution in [3.63, 3.8) is 0 Å². The van der Waals surface area contributed by atoms with Gasteiger partial charge in [-0.2, -0.15) is 23.1 Å². The molecule has 0 aliphatic carbocycles. The highest BCUT2D eigenvalue weighted by Crippen LogP contribution is 2.46. The van der Waals surface area contributed by atoms with E-state index >= 15 is 8.78 Å². The summed E-state index contributed by atoms with van der Waals surface area (Å²) in [5, 5.41) is 4.06. The number of halogens is 5. The zero-order valence-electron chi connectivity index (χ0n) is 27.9. The van der Waals surface area contributed by atoms with Crippen molar-refractivity contribution in [2.75, 3.05) is 56.6 Å². The minimum absolute atomic E-state index is 0.126. The quantitative estimate of drug-likeness (QED) is 0.184. The van der Waals surface area contributed by atoms with Crippen molar-refractivity contribution in [1.29, 1.82) is 0 Å². The van der Waals surface area contributed by atoms with Gasteiger partial charge in [-0.1, -0.05) is 24.3 Å². The van der Waals surface area contributed by atoms with E-state index in [2.05, 4.69) is 38.2 Å². The van der Waals surface area contributed by atoms with Gasteiger partial charge in [0.1, 0.15) is 23.6 Å². The normalized spacial score (nSPS) is 25.6. The number of aryl methyl sites for hydroxylation is 1. The highest BCUT2D eigenvalue weighted by Gasteiger charge is 2.51. The van der Waals surface area contributed by atoms with Gasteiger partial charge in [-0.15, -0.1) is 0 Å². The number of hydrogen-bond acceptors (Lipinski definition) is 9. The van der Waals surface area contributed by atoms with Gasteiger partial charge in [0.15, 0.2) is 11.6 Å². The summed E-state index contributed by atoms with van der Waals surface area (Å²) >= 11 is 0. The number of ether oxygens (including phenoxy) is 2. The molecule has 2 bridgehead atoms. The third-order valence-electron chi connectivity index (χ3n) is 11.4. The number of piperazine rings is 1. The third-order valence-corrected chi connectivity index (χ3v) is 11.4. The number of nitrogen functional groups attached to an aromatic ring is 1. The largest absolute Gasteiger partial charge is 0.461 e. The number of aromatic nitrogens is 3. The first-order chi connectivity index (χ1) is 23.8. The standard InChI is InChI=1S/C36H40F5N7O2/c1-19-11-34(12-20(2)15-48(34)14-19)18-50-33-44-30-24(13-43-31(29(30)38)26-27(36(39,40)41)21(3)10-25(42)28(26)37)32(45-33)47-16-23-4-7-35(17-47,46-23)22-5-8-49-9-6-22/h10,13,22-23,46H,1-2,4-9,11-12,14-18,42H2,3H3/t23-,35+/m0/s1. The summed E-state index contributed by atoms with van der Waals surface area (Å²) in [6, 6.07) is 0.912. The number of nitrogens with zero attached hydrogens (tertiary/aromatic N) is 5. The molecule has 0 spiro atoms. The number of anilines is 2. The third kappa shape index (κ3) is 5.41. The molecule has 50 heavy (non-hydrogen) atoms. The summed E-state index contributed by atoms with van der Waals surface area (Å²) in [6.07, 6.45) is 1.34. The number of hydrogen-bond donors (Lipinski definition) is 2. The maximum atomic E-state index is 16.8. The molecule has 2 atom stereocenters. The molecule has 3 N–H and O–H groups in total. The van der Waals surface area contributed by atoms with Crippen molar-refractivity contribution in [3.05, 3.63) is 59.3 Å². The van der Waals surface area contributed by atoms with Gasteiger partial charge in [-0.3, -0.25) is 9.88 Å². The van der Waals surface area contributed by atoms with Gasteiger partial charge in [0.25, 0.3) is 0 Å². The van der Waals surface area contributed by atoms with Crippen molar-refractivity contribution in [2.45, 2.75) is 68.7 Å². The molecule has 9 nitrogen and oxygen atoms in total. The van der Waals surface area contributed by atoms with Crippen LogP contribution in [-0.2, 0) is 10.9 Å². The molecular weight excluding hydrogens is 657 g/mol. The van der Waals surface area contributed by atoms with Gasteiger partial charge in [-0.05, 0) is 63.0 Å². The topological polar surface area (TPSA) is 102 Å². The second kappa shape index (κ2) is 11.8. The van der Waals surface area contributed by atoms with Gasteiger partial charge in [0.2, 0.25) is 0 Å². The van der Waals surface area contributed by atoms with E-state index in [0.29, 0.717) is 64.0 Å². The molecule has 266 valence electrons. The van der Waals surface area contributed by atoms with Crippen LogP contribution in [0.2, 0.25) is 0 Å². The molecule has 7 heterocycles. The Kier molecular flexibility index (Phi) is 7.88. The Balaban J connectivity index is 1.26. The van der Waals surface area contributed by atoms with Crippen LogP contribution in [0.4, 0.5) is 33.5 Å². The van der Waals surface area contributed by atoms with Crippen molar-refractivity contribution in [2.24, 2.45) is 5.92 Å². The molecule has 8 rings (SSSR count). The summed E-state index contributed by atoms with van der Waals surface area (Å²) in [5.41, 5.74) is 2.84. The van der Waals surface area contributed by atoms with E-state index in [0.717, 1.165) is 49.8 Å². The highest BCUT2D eigenvalue weighted by atomic mass is 19.4. The molecule has 0 radical (unpaired) electrons. The summed E-state index contributed by atoms with van der Waals surface area (Å²) in [5.74, 6) is -1.89. The van der Waals surface area contributed by atoms with Crippen LogP contribution in [0, 0.1) is 24.5 Å². The molecule has 5 saturated heterocycles. The van der Waals surface area contributed by atoms with E-state index in [1.807, 2.05) is 0 Å². The van der Waals surface area contributed by atoms with Crippen LogP contribution in [0.25, 0.3) is 22.2 Å². The monoisotopic (exact) mass is 697 g/mol. The average molecular weight is 698 g/mol. The Labute approximate surface area is 286 Å². The minimum atomic E-state index is -5.01. The number of alkyl halides is 3. The smallest absolute Gasteiger partial charge is 0.417 e. The second-order valence-corrected chi connectivity index (χ2v) is 14.9. The number of nitrogens with one attached hydrogen (secondary N) is 1. The summed E-state index contributed by atoms with van der Waals surface area (Å²) in [4.78, 5) is 17.8. The van der Waals surface area contributed by atoms with E-state index in [1.165, 1.54) is 6.20 Å². The Bertz CT molecular complexity index is 1890. The lowest BCUT2D eigenvalue weighted by Crippen LogP contribution is -2.63. The lowest BCUT2D eigenvalue weighted by Gasteiger charge is -2.47. The molecule has 1 aromatic carbocycles. The van der Waals surface area contributed by atoms with Gasteiger partial charge in [0.05, 0.1) is 27.7 Å². The van der Waals surface area contributed by atoms with Crippen LogP contribution in [0.3, 0.4) is 0 Å². The van der Waals surface area contributed by atoms with Crippen LogP contribution in [-0.4, -0.2) is 83.0 Å². The van der Waals surface area contributed by atoms with E-state index in [4.69, 9.17) is 20.2 Å². The molecule has 5 fully saturated rings. The first kappa shape index (κ1) is 33.3. The van der Waals surface area contributed by atoms with Crippen molar-refractivity contribution < 1.29 is 31.4 Å². The minimum Gasteiger partial charge on any atom is -0.461 e. The van der Waals surface area contributed by atoms with Crippen molar-refractivity contribution in [3.8, 4) is 17.3 Å². The molecule has 0 unspecified atom stereocenters. The predicted molar refractivity (Wildman–Crippen MR) is 179 cm³/mol. The van der Waals surface area contributed by atoms with Gasteiger partial charge < -0.3 is 25.4 Å². The molecule has 0 amide bonds. The Hall–Kier alpha value is -3.88. The summed E-state index contributed by atoms with van der Waals surface area (Å²) < 4.78 is 87.4. The first-order valence-corrected chi connectivity index (χ1v) is 17.1. The SMILES string of the molecule is C=C1CN2CC(=C)CC2(COc2nc(N3C[C@@H]4CC[C@](C5CCOCC5)(C3)N4)c3cnc(-c4c(F)c(N)cc(C)c4C(F)(F)F)c(F)c3n2)C1. The van der Waals surface area contributed by atoms with E-state index < -0.39 is 45.9 Å². The molecule has 3 aromatic rings. The van der Waals surface area contributed by atoms with E-state index in [-0.39, 0.29) is 40.7 Å². The molecule has 2 aromatic heterocycles. The van der Waals surface area contributed by atoms with Crippen LogP contribution >= 0.6 is 0 Å².